The predicted octanol–water partition coefficient (Wildman–Crippen LogP) is 15.3. The van der Waals surface area contributed by atoms with Crippen molar-refractivity contribution >= 4 is 43.9 Å². The van der Waals surface area contributed by atoms with Gasteiger partial charge in [0.1, 0.15) is 0 Å². The van der Waals surface area contributed by atoms with Crippen molar-refractivity contribution in [3.63, 3.8) is 0 Å². The molecule has 41 heavy (non-hydrogen) atoms. The van der Waals surface area contributed by atoms with Gasteiger partial charge in [-0.2, -0.15) is 0 Å². The Morgan fingerprint density at radius 1 is 0.561 bits per heavy atom. The lowest BCUT2D eigenvalue weighted by Gasteiger charge is -2.12. The summed E-state index contributed by atoms with van der Waals surface area (Å²) < 4.78 is 1.44. The van der Waals surface area contributed by atoms with Crippen molar-refractivity contribution in [3.8, 4) is 0 Å². The summed E-state index contributed by atoms with van der Waals surface area (Å²) in [5, 5.41) is 0.818. The molecule has 0 saturated carbocycles. The summed E-state index contributed by atoms with van der Waals surface area (Å²) in [4.78, 5) is 3.26. The van der Waals surface area contributed by atoms with Gasteiger partial charge >= 0.3 is 0 Å². The lowest BCUT2D eigenvalue weighted by atomic mass is 9.97. The van der Waals surface area contributed by atoms with Crippen LogP contribution in [0.25, 0.3) is 4.91 Å². The smallest absolute Gasteiger partial charge is 0.0740 e. The molecule has 0 N–H and O–H groups in total. The van der Waals surface area contributed by atoms with E-state index in [4.69, 9.17) is 0 Å². The minimum atomic E-state index is 0.818. The summed E-state index contributed by atoms with van der Waals surface area (Å²) in [5.41, 5.74) is 3.40. The van der Waals surface area contributed by atoms with Crippen LogP contribution in [0.1, 0.15) is 204 Å². The first-order chi connectivity index (χ1) is 20.2. The van der Waals surface area contributed by atoms with E-state index in [0.717, 1.165) is 5.25 Å². The van der Waals surface area contributed by atoms with Crippen molar-refractivity contribution in [2.45, 2.75) is 206 Å². The molecule has 0 amide bonds. The van der Waals surface area contributed by atoms with Crippen LogP contribution in [0, 0.1) is 0 Å². The number of thiophene rings is 1. The van der Waals surface area contributed by atoms with Gasteiger partial charge in [0.15, 0.2) is 0 Å². The van der Waals surface area contributed by atoms with Gasteiger partial charge < -0.3 is 0 Å². The second-order valence-corrected chi connectivity index (χ2v) is 16.6. The van der Waals surface area contributed by atoms with Crippen LogP contribution in [0.3, 0.4) is 0 Å². The maximum absolute atomic E-state index is 4.06. The van der Waals surface area contributed by atoms with Gasteiger partial charge in [0, 0.05) is 15.0 Å². The number of halogens is 1. The van der Waals surface area contributed by atoms with E-state index in [9.17, 15) is 0 Å². The molecule has 3 heteroatoms. The van der Waals surface area contributed by atoms with Gasteiger partial charge in [-0.25, -0.2) is 0 Å². The van der Waals surface area contributed by atoms with Crippen LogP contribution in [0.4, 0.5) is 0 Å². The maximum Gasteiger partial charge on any atom is 0.0740 e. The Hall–Kier alpha value is 0.270. The van der Waals surface area contributed by atoms with Crippen molar-refractivity contribution in [1.29, 1.82) is 0 Å². The fourth-order valence-electron chi connectivity index (χ4n) is 6.40. The van der Waals surface area contributed by atoms with Crippen LogP contribution < -0.4 is 0 Å². The summed E-state index contributed by atoms with van der Waals surface area (Å²) in [6.45, 7) is 6.95. The zero-order valence-corrected chi connectivity index (χ0v) is 30.9. The van der Waals surface area contributed by atoms with Gasteiger partial charge in [0.2, 0.25) is 0 Å². The van der Waals surface area contributed by atoms with Crippen molar-refractivity contribution in [2.75, 3.05) is 0 Å². The van der Waals surface area contributed by atoms with Gasteiger partial charge in [0.05, 0.1) is 3.79 Å². The van der Waals surface area contributed by atoms with E-state index < -0.39 is 0 Å². The lowest BCUT2D eigenvalue weighted by Crippen LogP contribution is -1.98. The van der Waals surface area contributed by atoms with E-state index in [1.807, 2.05) is 0 Å². The number of unbranched alkanes of at least 4 members (excludes halogenated alkanes) is 21. The Kier molecular flexibility index (Phi) is 23.4. The predicted molar refractivity (Wildman–Crippen MR) is 196 cm³/mol. The number of hydrogen-bond donors (Lipinski definition) is 0. The first kappa shape index (κ1) is 37.5. The molecule has 0 aromatic carbocycles. The van der Waals surface area contributed by atoms with E-state index in [2.05, 4.69) is 65.9 Å². The SMILES string of the molecule is CCCCCCCCCCc1c(Br)sc(C2=CCC(CCCCCCCCCC)S2)c1CCCCCCCCCC. The van der Waals surface area contributed by atoms with E-state index >= 15 is 0 Å². The molecule has 1 aromatic heterocycles. The topological polar surface area (TPSA) is 0 Å². The second-order valence-electron chi connectivity index (χ2n) is 12.9. The highest BCUT2D eigenvalue weighted by molar-refractivity contribution is 9.11. The number of hydrogen-bond acceptors (Lipinski definition) is 2. The average Bonchev–Trinajstić information content (AvgIpc) is 3.57. The normalized spacial score (nSPS) is 15.2. The molecule has 1 aliphatic heterocycles. The van der Waals surface area contributed by atoms with Gasteiger partial charge in [-0.05, 0) is 65.6 Å². The Labute approximate surface area is 274 Å². The molecule has 0 aliphatic carbocycles. The third-order valence-corrected chi connectivity index (χ3v) is 12.7. The van der Waals surface area contributed by atoms with Crippen LogP contribution in [0.5, 0.6) is 0 Å². The van der Waals surface area contributed by atoms with E-state index in [-0.39, 0.29) is 0 Å². The van der Waals surface area contributed by atoms with Gasteiger partial charge in [0.25, 0.3) is 0 Å². The molecule has 0 saturated heterocycles. The van der Waals surface area contributed by atoms with Crippen molar-refractivity contribution in [3.05, 3.63) is 25.9 Å². The third kappa shape index (κ3) is 16.8. The second kappa shape index (κ2) is 25.6. The van der Waals surface area contributed by atoms with Crippen LogP contribution in [0.2, 0.25) is 0 Å². The zero-order valence-electron chi connectivity index (χ0n) is 27.6. The average molecular weight is 668 g/mol. The van der Waals surface area contributed by atoms with Crippen molar-refractivity contribution in [1.82, 2.24) is 0 Å². The largest absolute Gasteiger partial charge is 0.127 e. The number of allylic oxidation sites excluding steroid dienone is 1. The quantitative estimate of drug-likeness (QED) is 0.0802. The minimum Gasteiger partial charge on any atom is -0.127 e. The number of thioether (sulfide) groups is 1. The Morgan fingerprint density at radius 3 is 1.46 bits per heavy atom. The molecule has 1 aromatic rings. The van der Waals surface area contributed by atoms with Crippen molar-refractivity contribution in [2.24, 2.45) is 0 Å². The fraction of sp³-hybridized carbons (Fsp3) is 0.842. The molecule has 0 nitrogen and oxygen atoms in total. The number of rotatable bonds is 28. The van der Waals surface area contributed by atoms with Gasteiger partial charge in [-0.3, -0.25) is 0 Å². The van der Waals surface area contributed by atoms with Gasteiger partial charge in [-0.1, -0.05) is 168 Å². The van der Waals surface area contributed by atoms with Crippen LogP contribution >= 0.6 is 39.0 Å². The highest BCUT2D eigenvalue weighted by atomic mass is 79.9. The molecule has 1 atom stereocenters. The Bertz CT molecular complexity index is 779. The monoisotopic (exact) mass is 666 g/mol. The summed E-state index contributed by atoms with van der Waals surface area (Å²) in [6, 6.07) is 0. The molecule has 238 valence electrons. The highest BCUT2D eigenvalue weighted by Crippen LogP contribution is 2.48. The summed E-state index contributed by atoms with van der Waals surface area (Å²) in [7, 11) is 0. The third-order valence-electron chi connectivity index (χ3n) is 9.09. The lowest BCUT2D eigenvalue weighted by molar-refractivity contribution is 0.561. The molecular formula is C38H67BrS2. The molecule has 0 spiro atoms. The molecule has 2 heterocycles. The standard InChI is InChI=1S/C38H67BrS2/c1-4-7-10-13-16-19-22-25-28-33-31-32-36(40-33)37-34(29-26-23-20-17-14-11-8-5-2)35(38(39)41-37)30-27-24-21-18-15-12-9-6-3/h32-33H,4-31H2,1-3H3. The molecule has 0 fully saturated rings. The van der Waals surface area contributed by atoms with Crippen LogP contribution in [0.15, 0.2) is 9.86 Å². The molecule has 0 bridgehead atoms. The fourth-order valence-corrected chi connectivity index (χ4v) is 9.91. The van der Waals surface area contributed by atoms with E-state index in [0.29, 0.717) is 0 Å². The molecule has 1 unspecified atom stereocenters. The van der Waals surface area contributed by atoms with Gasteiger partial charge in [-0.15, -0.1) is 23.1 Å². The zero-order chi connectivity index (χ0) is 29.4. The summed E-state index contributed by atoms with van der Waals surface area (Å²) in [6.07, 6.45) is 41.9. The first-order valence-corrected chi connectivity index (χ1v) is 20.9. The molecule has 1 aliphatic rings. The highest BCUT2D eigenvalue weighted by Gasteiger charge is 2.25. The Morgan fingerprint density at radius 2 is 0.976 bits per heavy atom. The molecule has 0 radical (unpaired) electrons. The van der Waals surface area contributed by atoms with E-state index in [1.165, 1.54) is 184 Å². The van der Waals surface area contributed by atoms with Crippen molar-refractivity contribution < 1.29 is 0 Å². The van der Waals surface area contributed by atoms with Crippen LogP contribution in [-0.4, -0.2) is 5.25 Å². The van der Waals surface area contributed by atoms with Crippen LogP contribution in [-0.2, 0) is 12.8 Å². The molecular weight excluding hydrogens is 600 g/mol. The summed E-state index contributed by atoms with van der Waals surface area (Å²) >= 11 is 8.35. The minimum absolute atomic E-state index is 0.818. The Balaban J connectivity index is 1.84. The van der Waals surface area contributed by atoms with E-state index in [1.54, 1.807) is 20.9 Å². The maximum atomic E-state index is 4.06. The first-order valence-electron chi connectivity index (χ1n) is 18.4. The molecule has 2 rings (SSSR count). The summed E-state index contributed by atoms with van der Waals surface area (Å²) in [5.74, 6) is 0.